The number of methoxy groups -OCH3 is 1. The minimum atomic E-state index is 0.230. The average Bonchev–Trinajstić information content (AvgIpc) is 2.46. The van der Waals surface area contributed by atoms with Crippen molar-refractivity contribution in [3.8, 4) is 0 Å². The minimum Gasteiger partial charge on any atom is -0.380 e. The van der Waals surface area contributed by atoms with Gasteiger partial charge in [0.2, 0.25) is 0 Å². The van der Waals surface area contributed by atoms with Gasteiger partial charge in [0.1, 0.15) is 0 Å². The maximum atomic E-state index is 5.80. The second-order valence-electron chi connectivity index (χ2n) is 6.07. The highest BCUT2D eigenvalue weighted by Crippen LogP contribution is 2.35. The molecule has 0 fully saturated rings. The van der Waals surface area contributed by atoms with Gasteiger partial charge in [0.15, 0.2) is 0 Å². The molecular formula is C17H28N2O. The van der Waals surface area contributed by atoms with Crippen molar-refractivity contribution in [2.45, 2.75) is 58.1 Å². The summed E-state index contributed by atoms with van der Waals surface area (Å²) in [7, 11) is 1.83. The van der Waals surface area contributed by atoms with Crippen LogP contribution in [0.3, 0.4) is 0 Å². The molecule has 112 valence electrons. The molecular weight excluding hydrogens is 248 g/mol. The quantitative estimate of drug-likeness (QED) is 0.866. The van der Waals surface area contributed by atoms with E-state index in [9.17, 15) is 0 Å². The fourth-order valence-electron chi connectivity index (χ4n) is 3.55. The van der Waals surface area contributed by atoms with Crippen molar-refractivity contribution >= 4 is 0 Å². The van der Waals surface area contributed by atoms with Gasteiger partial charge in [-0.1, -0.05) is 26.8 Å². The first-order valence-corrected chi connectivity index (χ1v) is 7.89. The molecule has 0 bridgehead atoms. The predicted octanol–water partition coefficient (Wildman–Crippen LogP) is 3.15. The molecule has 0 spiro atoms. The number of hydrogen-bond acceptors (Lipinski definition) is 3. The molecule has 1 aromatic heterocycles. The van der Waals surface area contributed by atoms with Gasteiger partial charge >= 0.3 is 0 Å². The molecule has 3 atom stereocenters. The van der Waals surface area contributed by atoms with Crippen molar-refractivity contribution in [1.82, 2.24) is 10.3 Å². The number of fused-ring (bicyclic) bond motifs is 1. The Bertz CT molecular complexity index is 419. The summed E-state index contributed by atoms with van der Waals surface area (Å²) in [5, 5.41) is 3.66. The van der Waals surface area contributed by atoms with E-state index in [-0.39, 0.29) is 6.10 Å². The third-order valence-corrected chi connectivity index (χ3v) is 4.40. The van der Waals surface area contributed by atoms with Crippen molar-refractivity contribution in [1.29, 1.82) is 0 Å². The number of rotatable bonds is 6. The van der Waals surface area contributed by atoms with Crippen LogP contribution in [0.2, 0.25) is 0 Å². The summed E-state index contributed by atoms with van der Waals surface area (Å²) in [5.74, 6) is 0.963. The van der Waals surface area contributed by atoms with E-state index in [1.165, 1.54) is 24.1 Å². The number of nitrogens with one attached hydrogen (secondary N) is 1. The Labute approximate surface area is 123 Å². The van der Waals surface area contributed by atoms with Crippen LogP contribution in [0, 0.1) is 5.92 Å². The van der Waals surface area contributed by atoms with Crippen LogP contribution in [0.5, 0.6) is 0 Å². The highest BCUT2D eigenvalue weighted by Gasteiger charge is 2.35. The summed E-state index contributed by atoms with van der Waals surface area (Å²) in [4.78, 5) is 4.68. The summed E-state index contributed by atoms with van der Waals surface area (Å²) >= 11 is 0. The Balaban J connectivity index is 2.30. The highest BCUT2D eigenvalue weighted by molar-refractivity contribution is 5.27. The number of aryl methyl sites for hydroxylation is 1. The average molecular weight is 276 g/mol. The van der Waals surface area contributed by atoms with Crippen molar-refractivity contribution < 1.29 is 4.74 Å². The van der Waals surface area contributed by atoms with Gasteiger partial charge in [0, 0.05) is 31.0 Å². The Morgan fingerprint density at radius 1 is 1.45 bits per heavy atom. The summed E-state index contributed by atoms with van der Waals surface area (Å²) < 4.78 is 5.80. The number of ether oxygens (including phenoxy) is 1. The van der Waals surface area contributed by atoms with E-state index < -0.39 is 0 Å². The van der Waals surface area contributed by atoms with Crippen LogP contribution >= 0.6 is 0 Å². The molecule has 0 saturated heterocycles. The first kappa shape index (κ1) is 15.5. The normalized spacial score (nSPS) is 21.6. The van der Waals surface area contributed by atoms with Crippen LogP contribution in [0.1, 0.15) is 50.8 Å². The summed E-state index contributed by atoms with van der Waals surface area (Å²) in [5.41, 5.74) is 2.71. The summed E-state index contributed by atoms with van der Waals surface area (Å²) in [6.45, 7) is 7.61. The lowest BCUT2D eigenvalue weighted by Crippen LogP contribution is -2.48. The maximum absolute atomic E-state index is 5.80. The predicted molar refractivity (Wildman–Crippen MR) is 83.0 cm³/mol. The van der Waals surface area contributed by atoms with Gasteiger partial charge in [-0.2, -0.15) is 0 Å². The molecule has 1 aromatic rings. The Morgan fingerprint density at radius 2 is 2.25 bits per heavy atom. The van der Waals surface area contributed by atoms with Crippen molar-refractivity contribution in [3.63, 3.8) is 0 Å². The SMILES string of the molecule is CCNC(C1CCCc2cccnc21)C(OC)C(C)C. The first-order valence-electron chi connectivity index (χ1n) is 7.89. The number of hydrogen-bond donors (Lipinski definition) is 1. The fraction of sp³-hybridized carbons (Fsp3) is 0.706. The molecule has 0 aliphatic heterocycles. The van der Waals surface area contributed by atoms with Crippen LogP contribution < -0.4 is 5.32 Å². The van der Waals surface area contributed by atoms with E-state index >= 15 is 0 Å². The largest absolute Gasteiger partial charge is 0.380 e. The molecule has 3 nitrogen and oxygen atoms in total. The van der Waals surface area contributed by atoms with E-state index in [4.69, 9.17) is 4.74 Å². The molecule has 1 N–H and O–H groups in total. The number of pyridine rings is 1. The number of nitrogens with zero attached hydrogens (tertiary/aromatic N) is 1. The fourth-order valence-corrected chi connectivity index (χ4v) is 3.55. The molecule has 1 heterocycles. The standard InChI is InChI=1S/C17H28N2O/c1-5-18-16(17(20-4)12(2)3)14-10-6-8-13-9-7-11-19-15(13)14/h7,9,11-12,14,16-18H,5-6,8,10H2,1-4H3. The molecule has 0 radical (unpaired) electrons. The topological polar surface area (TPSA) is 34.2 Å². The third kappa shape index (κ3) is 3.21. The van der Waals surface area contributed by atoms with Gasteiger partial charge in [-0.3, -0.25) is 4.98 Å². The Kier molecular flexibility index (Phi) is 5.55. The third-order valence-electron chi connectivity index (χ3n) is 4.40. The van der Waals surface area contributed by atoms with Gasteiger partial charge in [0.05, 0.1) is 6.10 Å². The summed E-state index contributed by atoms with van der Waals surface area (Å²) in [6, 6.07) is 4.63. The van der Waals surface area contributed by atoms with Gasteiger partial charge in [-0.25, -0.2) is 0 Å². The van der Waals surface area contributed by atoms with Crippen LogP contribution in [0.15, 0.2) is 18.3 Å². The maximum Gasteiger partial charge on any atom is 0.0753 e. The van der Waals surface area contributed by atoms with Gasteiger partial charge < -0.3 is 10.1 Å². The monoisotopic (exact) mass is 276 g/mol. The van der Waals surface area contributed by atoms with Crippen molar-refractivity contribution in [2.75, 3.05) is 13.7 Å². The Morgan fingerprint density at radius 3 is 2.90 bits per heavy atom. The summed E-state index contributed by atoms with van der Waals surface area (Å²) in [6.07, 6.45) is 5.77. The number of aromatic nitrogens is 1. The molecule has 0 amide bonds. The first-order chi connectivity index (χ1) is 9.69. The minimum absolute atomic E-state index is 0.230. The van der Waals surface area contributed by atoms with E-state index in [0.29, 0.717) is 17.9 Å². The zero-order chi connectivity index (χ0) is 14.5. The molecule has 0 aromatic carbocycles. The molecule has 1 aliphatic rings. The lowest BCUT2D eigenvalue weighted by atomic mass is 9.78. The van der Waals surface area contributed by atoms with Gasteiger partial charge in [-0.05, 0) is 43.4 Å². The van der Waals surface area contributed by atoms with Crippen molar-refractivity contribution in [3.05, 3.63) is 29.6 Å². The van der Waals surface area contributed by atoms with E-state index in [2.05, 4.69) is 43.2 Å². The lowest BCUT2D eigenvalue weighted by Gasteiger charge is -2.38. The second kappa shape index (κ2) is 7.19. The molecule has 3 heteroatoms. The zero-order valence-electron chi connectivity index (χ0n) is 13.2. The molecule has 3 unspecified atom stereocenters. The lowest BCUT2D eigenvalue weighted by molar-refractivity contribution is 0.0230. The second-order valence-corrected chi connectivity index (χ2v) is 6.07. The van der Waals surface area contributed by atoms with Gasteiger partial charge in [-0.15, -0.1) is 0 Å². The van der Waals surface area contributed by atoms with Crippen LogP contribution in [0.25, 0.3) is 0 Å². The van der Waals surface area contributed by atoms with E-state index in [0.717, 1.165) is 13.0 Å². The van der Waals surface area contributed by atoms with Crippen LogP contribution in [-0.2, 0) is 11.2 Å². The highest BCUT2D eigenvalue weighted by atomic mass is 16.5. The molecule has 20 heavy (non-hydrogen) atoms. The van der Waals surface area contributed by atoms with Gasteiger partial charge in [0.25, 0.3) is 0 Å². The Hall–Kier alpha value is -0.930. The van der Waals surface area contributed by atoms with Crippen LogP contribution in [0.4, 0.5) is 0 Å². The smallest absolute Gasteiger partial charge is 0.0753 e. The zero-order valence-corrected chi connectivity index (χ0v) is 13.2. The number of likely N-dealkylation sites (N-methyl/N-ethyl adjacent to an activating group) is 1. The molecule has 2 rings (SSSR count). The van der Waals surface area contributed by atoms with Crippen molar-refractivity contribution in [2.24, 2.45) is 5.92 Å². The molecule has 0 saturated carbocycles. The molecule has 1 aliphatic carbocycles. The van der Waals surface area contributed by atoms with Crippen LogP contribution in [-0.4, -0.2) is 30.8 Å². The van der Waals surface area contributed by atoms with E-state index in [1.54, 1.807) is 0 Å². The van der Waals surface area contributed by atoms with E-state index in [1.807, 2.05) is 13.3 Å².